The highest BCUT2D eigenvalue weighted by Crippen LogP contribution is 2.39. The molecule has 1 saturated heterocycles. The standard InChI is InChI=1S/C22H21F8N5O3S/c1-10-15(24)5-17(35(10)39(37,38)18-3-2-14(18)23)19(36)32-6-11-4-16(31-9-13(11)21(25,26)27)12-7-33-20(34-8-12)22(28,29)30/h4,7-10,14-15,17-18H,2-3,5-6H2,1H3,(H,32,36)/t10-,14+,15+,17-,18?/m0/s1. The van der Waals surface area contributed by atoms with Gasteiger partial charge in [-0.3, -0.25) is 9.78 Å². The molecule has 2 fully saturated rings. The van der Waals surface area contributed by atoms with Crippen LogP contribution in [0.4, 0.5) is 35.1 Å². The summed E-state index contributed by atoms with van der Waals surface area (Å²) in [7, 11) is -4.43. The van der Waals surface area contributed by atoms with E-state index >= 15 is 0 Å². The number of sulfonamides is 1. The molecule has 1 saturated carbocycles. The van der Waals surface area contributed by atoms with Crippen LogP contribution in [0.15, 0.2) is 24.7 Å². The van der Waals surface area contributed by atoms with E-state index in [1.807, 2.05) is 0 Å². The van der Waals surface area contributed by atoms with Gasteiger partial charge in [0.1, 0.15) is 23.6 Å². The second kappa shape index (κ2) is 10.2. The summed E-state index contributed by atoms with van der Waals surface area (Å²) in [6.45, 7) is 0.403. The first-order valence-electron chi connectivity index (χ1n) is 11.6. The number of carbonyl (C=O) groups is 1. The van der Waals surface area contributed by atoms with E-state index in [0.29, 0.717) is 10.5 Å². The first kappa shape index (κ1) is 29.0. The Labute approximate surface area is 216 Å². The van der Waals surface area contributed by atoms with Crippen molar-refractivity contribution >= 4 is 15.9 Å². The van der Waals surface area contributed by atoms with Crippen LogP contribution in [0, 0.1) is 0 Å². The van der Waals surface area contributed by atoms with Crippen LogP contribution in [0.2, 0.25) is 0 Å². The maximum absolute atomic E-state index is 14.5. The van der Waals surface area contributed by atoms with Crippen molar-refractivity contribution in [1.29, 1.82) is 0 Å². The first-order valence-corrected chi connectivity index (χ1v) is 13.1. The van der Waals surface area contributed by atoms with Gasteiger partial charge in [0.25, 0.3) is 0 Å². The predicted molar refractivity (Wildman–Crippen MR) is 119 cm³/mol. The van der Waals surface area contributed by atoms with Crippen molar-refractivity contribution in [3.8, 4) is 11.3 Å². The number of halogens is 8. The van der Waals surface area contributed by atoms with Gasteiger partial charge in [-0.15, -0.1) is 0 Å². The molecule has 0 radical (unpaired) electrons. The largest absolute Gasteiger partial charge is 0.451 e. The van der Waals surface area contributed by atoms with Gasteiger partial charge in [-0.25, -0.2) is 27.2 Å². The maximum Gasteiger partial charge on any atom is 0.451 e. The van der Waals surface area contributed by atoms with E-state index in [1.165, 1.54) is 6.92 Å². The number of nitrogens with zero attached hydrogens (tertiary/aromatic N) is 4. The number of hydrogen-bond donors (Lipinski definition) is 1. The fourth-order valence-electron chi connectivity index (χ4n) is 4.47. The molecule has 214 valence electrons. The Morgan fingerprint density at radius 3 is 2.15 bits per heavy atom. The third-order valence-electron chi connectivity index (χ3n) is 6.74. The second-order valence-corrected chi connectivity index (χ2v) is 11.3. The minimum absolute atomic E-state index is 0.00337. The highest BCUT2D eigenvalue weighted by atomic mass is 32.2. The van der Waals surface area contributed by atoms with E-state index < -0.39 is 87.9 Å². The smallest absolute Gasteiger partial charge is 0.351 e. The lowest BCUT2D eigenvalue weighted by atomic mass is 9.97. The van der Waals surface area contributed by atoms with Gasteiger partial charge in [0.15, 0.2) is 0 Å². The Bertz CT molecular complexity index is 1340. The number of alkyl halides is 8. The average Bonchev–Trinajstić information content (AvgIpc) is 3.15. The summed E-state index contributed by atoms with van der Waals surface area (Å²) < 4.78 is 134. The van der Waals surface area contributed by atoms with Crippen LogP contribution < -0.4 is 5.32 Å². The summed E-state index contributed by atoms with van der Waals surface area (Å²) in [6, 6.07) is -2.05. The van der Waals surface area contributed by atoms with E-state index in [4.69, 9.17) is 0 Å². The van der Waals surface area contributed by atoms with Gasteiger partial charge in [-0.05, 0) is 31.4 Å². The minimum Gasteiger partial charge on any atom is -0.351 e. The Hall–Kier alpha value is -2.95. The van der Waals surface area contributed by atoms with E-state index in [1.54, 1.807) is 0 Å². The Morgan fingerprint density at radius 2 is 1.64 bits per heavy atom. The molecule has 1 N–H and O–H groups in total. The van der Waals surface area contributed by atoms with Crippen molar-refractivity contribution in [2.24, 2.45) is 0 Å². The van der Waals surface area contributed by atoms with Gasteiger partial charge in [-0.2, -0.15) is 30.6 Å². The molecule has 5 atom stereocenters. The minimum atomic E-state index is -4.94. The molecule has 0 aromatic carbocycles. The number of nitrogens with one attached hydrogen (secondary N) is 1. The molecule has 1 aliphatic carbocycles. The SMILES string of the molecule is C[C@H]1[C@H](F)C[C@@H](C(=O)NCc2cc(-c3cnc(C(F)(F)F)nc3)ncc2C(F)(F)F)N1S(=O)(=O)C1CC[C@H]1F. The molecule has 3 heterocycles. The van der Waals surface area contributed by atoms with Crippen molar-refractivity contribution in [2.45, 2.75) is 74.8 Å². The Morgan fingerprint density at radius 1 is 1.00 bits per heavy atom. The third kappa shape index (κ3) is 5.69. The van der Waals surface area contributed by atoms with E-state index in [-0.39, 0.29) is 24.1 Å². The highest BCUT2D eigenvalue weighted by Gasteiger charge is 2.54. The Balaban J connectivity index is 1.58. The van der Waals surface area contributed by atoms with Crippen LogP contribution >= 0.6 is 0 Å². The number of pyridine rings is 1. The fraction of sp³-hybridized carbons (Fsp3) is 0.545. The van der Waals surface area contributed by atoms with E-state index in [9.17, 15) is 48.3 Å². The fourth-order valence-corrected chi connectivity index (χ4v) is 6.86. The summed E-state index contributed by atoms with van der Waals surface area (Å²) in [6.07, 6.45) is -12.0. The molecule has 1 unspecified atom stereocenters. The van der Waals surface area contributed by atoms with Crippen LogP contribution in [0.3, 0.4) is 0 Å². The lowest BCUT2D eigenvalue weighted by molar-refractivity contribution is -0.145. The zero-order chi connectivity index (χ0) is 28.9. The molecular weight excluding hydrogens is 566 g/mol. The summed E-state index contributed by atoms with van der Waals surface area (Å²) in [4.78, 5) is 22.8. The monoisotopic (exact) mass is 587 g/mol. The normalized spacial score (nSPS) is 26.3. The molecule has 2 aromatic heterocycles. The summed E-state index contributed by atoms with van der Waals surface area (Å²) >= 11 is 0. The molecular formula is C22H21F8N5O3S. The molecule has 39 heavy (non-hydrogen) atoms. The number of amides is 1. The number of rotatable bonds is 6. The molecule has 0 bridgehead atoms. The second-order valence-electron chi connectivity index (χ2n) is 9.25. The zero-order valence-corrected chi connectivity index (χ0v) is 20.8. The van der Waals surface area contributed by atoms with Gasteiger partial charge >= 0.3 is 12.4 Å². The van der Waals surface area contributed by atoms with Crippen LogP contribution in [0.1, 0.15) is 43.1 Å². The first-order chi connectivity index (χ1) is 18.0. The predicted octanol–water partition coefficient (Wildman–Crippen LogP) is 3.82. The van der Waals surface area contributed by atoms with Crippen molar-refractivity contribution in [3.05, 3.63) is 41.6 Å². The maximum atomic E-state index is 14.5. The molecule has 1 aliphatic heterocycles. The van der Waals surface area contributed by atoms with Gasteiger partial charge in [0.05, 0.1) is 17.3 Å². The molecule has 8 nitrogen and oxygen atoms in total. The molecule has 0 spiro atoms. The third-order valence-corrected chi connectivity index (χ3v) is 9.21. The average molecular weight is 587 g/mol. The number of carbonyl (C=O) groups excluding carboxylic acids is 1. The lowest BCUT2D eigenvalue weighted by Crippen LogP contribution is -2.55. The van der Waals surface area contributed by atoms with E-state index in [2.05, 4.69) is 20.3 Å². The van der Waals surface area contributed by atoms with Crippen LogP contribution in [0.5, 0.6) is 0 Å². The Kier molecular flexibility index (Phi) is 7.61. The van der Waals surface area contributed by atoms with Gasteiger partial charge in [0, 0.05) is 37.1 Å². The van der Waals surface area contributed by atoms with Crippen molar-refractivity contribution < 1.29 is 48.3 Å². The summed E-state index contributed by atoms with van der Waals surface area (Å²) in [5.41, 5.74) is -2.21. The zero-order valence-electron chi connectivity index (χ0n) is 20.0. The van der Waals surface area contributed by atoms with Gasteiger partial charge in [-0.1, -0.05) is 0 Å². The lowest BCUT2D eigenvalue weighted by Gasteiger charge is -2.36. The van der Waals surface area contributed by atoms with Crippen LogP contribution in [0.25, 0.3) is 11.3 Å². The van der Waals surface area contributed by atoms with E-state index in [0.717, 1.165) is 18.5 Å². The molecule has 4 rings (SSSR count). The molecule has 2 aliphatic rings. The number of hydrogen-bond acceptors (Lipinski definition) is 6. The topological polar surface area (TPSA) is 105 Å². The summed E-state index contributed by atoms with van der Waals surface area (Å²) in [5.74, 6) is -2.56. The van der Waals surface area contributed by atoms with Crippen LogP contribution in [-0.2, 0) is 33.7 Å². The van der Waals surface area contributed by atoms with Crippen molar-refractivity contribution in [2.75, 3.05) is 0 Å². The van der Waals surface area contributed by atoms with Gasteiger partial charge in [0.2, 0.25) is 21.8 Å². The van der Waals surface area contributed by atoms with Crippen LogP contribution in [-0.4, -0.2) is 63.3 Å². The van der Waals surface area contributed by atoms with Gasteiger partial charge < -0.3 is 5.32 Å². The number of aromatic nitrogens is 3. The summed E-state index contributed by atoms with van der Waals surface area (Å²) in [5, 5.41) is 0.738. The molecule has 1 amide bonds. The van der Waals surface area contributed by atoms with Crippen molar-refractivity contribution in [1.82, 2.24) is 24.6 Å². The highest BCUT2D eigenvalue weighted by molar-refractivity contribution is 7.89. The van der Waals surface area contributed by atoms with Crippen molar-refractivity contribution in [3.63, 3.8) is 0 Å². The quantitative estimate of drug-likeness (QED) is 0.516. The molecule has 2 aromatic rings. The molecule has 17 heteroatoms.